The summed E-state index contributed by atoms with van der Waals surface area (Å²) in [4.78, 5) is 0.244. The Kier molecular flexibility index (Phi) is 6.29. The van der Waals surface area contributed by atoms with E-state index >= 15 is 0 Å². The summed E-state index contributed by atoms with van der Waals surface area (Å²) >= 11 is 3.43. The van der Waals surface area contributed by atoms with Crippen LogP contribution >= 0.6 is 15.9 Å². The zero-order valence-corrected chi connectivity index (χ0v) is 12.3. The van der Waals surface area contributed by atoms with Crippen LogP contribution in [0.4, 0.5) is 0 Å². The lowest BCUT2D eigenvalue weighted by Crippen LogP contribution is -2.34. The largest absolute Gasteiger partial charge is 0.214 e. The molecule has 96 valence electrons. The van der Waals surface area contributed by atoms with Gasteiger partial charge in [-0.3, -0.25) is 0 Å². The first-order valence-electron chi connectivity index (χ1n) is 6.15. The number of rotatable bonds is 6. The van der Waals surface area contributed by atoms with Crippen LogP contribution in [-0.2, 0) is 10.0 Å². The number of hydrogen-bond donors (Lipinski definition) is 1. The van der Waals surface area contributed by atoms with Crippen molar-refractivity contribution in [2.75, 3.05) is 12.3 Å². The second kappa shape index (κ2) is 6.97. The molecule has 0 aromatic heterocycles. The van der Waals surface area contributed by atoms with E-state index in [4.69, 9.17) is 0 Å². The van der Waals surface area contributed by atoms with Crippen LogP contribution in [0.2, 0.25) is 0 Å². The van der Waals surface area contributed by atoms with Gasteiger partial charge in [-0.05, 0) is 25.2 Å². The van der Waals surface area contributed by atoms with E-state index in [1.54, 1.807) is 0 Å². The molecule has 0 aliphatic heterocycles. The number of sulfonamides is 1. The Morgan fingerprint density at radius 3 is 2.50 bits per heavy atom. The summed E-state index contributed by atoms with van der Waals surface area (Å²) in [6, 6.07) is 0. The van der Waals surface area contributed by atoms with Crippen molar-refractivity contribution in [2.45, 2.75) is 50.3 Å². The molecule has 1 aliphatic carbocycles. The second-order valence-electron chi connectivity index (χ2n) is 4.64. The number of hydrogen-bond acceptors (Lipinski definition) is 2. The van der Waals surface area contributed by atoms with E-state index < -0.39 is 10.0 Å². The van der Waals surface area contributed by atoms with Crippen molar-refractivity contribution in [3.05, 3.63) is 0 Å². The molecule has 0 aromatic carbocycles. The standard InChI is InChI=1S/C11H22BrNO2S/c1-2-11(12)8-13-16(14,15)9-10-6-4-3-5-7-10/h10-11,13H,2-9H2,1H3. The molecule has 0 saturated heterocycles. The second-order valence-corrected chi connectivity index (χ2v) is 7.79. The van der Waals surface area contributed by atoms with E-state index in [9.17, 15) is 8.42 Å². The minimum Gasteiger partial charge on any atom is -0.214 e. The first kappa shape index (κ1) is 14.5. The summed E-state index contributed by atoms with van der Waals surface area (Å²) < 4.78 is 26.3. The minimum atomic E-state index is -3.07. The van der Waals surface area contributed by atoms with Gasteiger partial charge in [-0.15, -0.1) is 0 Å². The average Bonchev–Trinajstić information content (AvgIpc) is 2.27. The SMILES string of the molecule is CCC(Br)CNS(=O)(=O)CC1CCCCC1. The van der Waals surface area contributed by atoms with Crippen molar-refractivity contribution < 1.29 is 8.42 Å². The molecule has 0 spiro atoms. The summed E-state index contributed by atoms with van der Waals surface area (Å²) in [5.41, 5.74) is 0. The van der Waals surface area contributed by atoms with E-state index in [1.807, 2.05) is 6.92 Å². The van der Waals surface area contributed by atoms with Gasteiger partial charge in [0.25, 0.3) is 0 Å². The molecule has 1 rings (SSSR count). The van der Waals surface area contributed by atoms with E-state index in [2.05, 4.69) is 20.7 Å². The van der Waals surface area contributed by atoms with E-state index in [1.165, 1.54) is 19.3 Å². The normalized spacial score (nSPS) is 20.9. The van der Waals surface area contributed by atoms with Gasteiger partial charge in [0.05, 0.1) is 5.75 Å². The van der Waals surface area contributed by atoms with Gasteiger partial charge in [0.1, 0.15) is 0 Å². The molecule has 5 heteroatoms. The van der Waals surface area contributed by atoms with Crippen LogP contribution in [0, 0.1) is 5.92 Å². The molecule has 1 aliphatic rings. The van der Waals surface area contributed by atoms with Crippen molar-refractivity contribution in [3.63, 3.8) is 0 Å². The molecular formula is C11H22BrNO2S. The fourth-order valence-corrected chi connectivity index (χ4v) is 3.99. The van der Waals surface area contributed by atoms with Crippen molar-refractivity contribution in [1.82, 2.24) is 4.72 Å². The predicted molar refractivity (Wildman–Crippen MR) is 71.4 cm³/mol. The molecule has 0 radical (unpaired) electrons. The third kappa shape index (κ3) is 5.64. The van der Waals surface area contributed by atoms with E-state index in [0.29, 0.717) is 18.2 Å². The Bertz CT molecular complexity index is 286. The molecule has 1 N–H and O–H groups in total. The highest BCUT2D eigenvalue weighted by atomic mass is 79.9. The van der Waals surface area contributed by atoms with Crippen molar-refractivity contribution in [2.24, 2.45) is 5.92 Å². The summed E-state index contributed by atoms with van der Waals surface area (Å²) in [5.74, 6) is 0.692. The van der Waals surface area contributed by atoms with Gasteiger partial charge in [-0.1, -0.05) is 42.1 Å². The molecule has 1 fully saturated rings. The number of alkyl halides is 1. The highest BCUT2D eigenvalue weighted by Gasteiger charge is 2.21. The molecule has 0 aromatic rings. The van der Waals surface area contributed by atoms with Gasteiger partial charge in [-0.2, -0.15) is 0 Å². The predicted octanol–water partition coefficient (Wildman–Crippen LogP) is 2.66. The fraction of sp³-hybridized carbons (Fsp3) is 1.00. The smallest absolute Gasteiger partial charge is 0.211 e. The highest BCUT2D eigenvalue weighted by molar-refractivity contribution is 9.09. The van der Waals surface area contributed by atoms with Crippen molar-refractivity contribution in [3.8, 4) is 0 Å². The maximum atomic E-state index is 11.8. The molecule has 0 bridgehead atoms. The minimum absolute atomic E-state index is 0.244. The Morgan fingerprint density at radius 1 is 1.31 bits per heavy atom. The zero-order chi connectivity index (χ0) is 12.0. The van der Waals surface area contributed by atoms with E-state index in [0.717, 1.165) is 19.3 Å². The third-order valence-electron chi connectivity index (χ3n) is 3.15. The van der Waals surface area contributed by atoms with Gasteiger partial charge in [-0.25, -0.2) is 13.1 Å². The first-order valence-corrected chi connectivity index (χ1v) is 8.71. The van der Waals surface area contributed by atoms with Crippen LogP contribution in [0.1, 0.15) is 45.4 Å². The number of nitrogens with one attached hydrogen (secondary N) is 1. The zero-order valence-electron chi connectivity index (χ0n) is 9.91. The van der Waals surface area contributed by atoms with Crippen LogP contribution < -0.4 is 4.72 Å². The Balaban J connectivity index is 2.32. The molecule has 16 heavy (non-hydrogen) atoms. The summed E-state index contributed by atoms with van der Waals surface area (Å²) in [6.45, 7) is 2.54. The van der Waals surface area contributed by atoms with E-state index in [-0.39, 0.29) is 4.83 Å². The fourth-order valence-electron chi connectivity index (χ4n) is 2.08. The highest BCUT2D eigenvalue weighted by Crippen LogP contribution is 2.24. The Labute approximate surface area is 108 Å². The Hall–Kier alpha value is 0.390. The molecule has 0 heterocycles. The van der Waals surface area contributed by atoms with Crippen molar-refractivity contribution >= 4 is 26.0 Å². The van der Waals surface area contributed by atoms with Gasteiger partial charge >= 0.3 is 0 Å². The molecule has 1 unspecified atom stereocenters. The first-order chi connectivity index (χ1) is 7.53. The van der Waals surface area contributed by atoms with Crippen LogP contribution in [0.15, 0.2) is 0 Å². The quantitative estimate of drug-likeness (QED) is 0.767. The lowest BCUT2D eigenvalue weighted by molar-refractivity contribution is 0.384. The molecule has 1 atom stereocenters. The van der Waals surface area contributed by atoms with Crippen LogP contribution in [0.25, 0.3) is 0 Å². The van der Waals surface area contributed by atoms with Gasteiger partial charge in [0.15, 0.2) is 0 Å². The van der Waals surface area contributed by atoms with Crippen LogP contribution in [0.5, 0.6) is 0 Å². The van der Waals surface area contributed by atoms with Crippen LogP contribution in [0.3, 0.4) is 0 Å². The summed E-state index contributed by atoms with van der Waals surface area (Å²) in [5, 5.41) is 0. The summed E-state index contributed by atoms with van der Waals surface area (Å²) in [7, 11) is -3.07. The maximum Gasteiger partial charge on any atom is 0.211 e. The summed E-state index contributed by atoms with van der Waals surface area (Å²) in [6.07, 6.45) is 6.74. The maximum absolute atomic E-state index is 11.8. The Morgan fingerprint density at radius 2 is 1.94 bits per heavy atom. The molecular weight excluding hydrogens is 290 g/mol. The van der Waals surface area contributed by atoms with Gasteiger partial charge in [0.2, 0.25) is 10.0 Å². The van der Waals surface area contributed by atoms with Gasteiger partial charge < -0.3 is 0 Å². The number of halogens is 1. The van der Waals surface area contributed by atoms with Crippen LogP contribution in [-0.4, -0.2) is 25.5 Å². The molecule has 0 amide bonds. The topological polar surface area (TPSA) is 46.2 Å². The molecule has 1 saturated carbocycles. The van der Waals surface area contributed by atoms with Gasteiger partial charge in [0, 0.05) is 11.4 Å². The monoisotopic (exact) mass is 311 g/mol. The molecule has 3 nitrogen and oxygen atoms in total. The lowest BCUT2D eigenvalue weighted by atomic mass is 9.91. The lowest BCUT2D eigenvalue weighted by Gasteiger charge is -2.21. The van der Waals surface area contributed by atoms with Crippen molar-refractivity contribution in [1.29, 1.82) is 0 Å². The third-order valence-corrected chi connectivity index (χ3v) is 5.64. The average molecular weight is 312 g/mol.